The first-order chi connectivity index (χ1) is 18.5. The lowest BCUT2D eigenvalue weighted by Crippen LogP contribution is -2.43. The first kappa shape index (κ1) is 26.4. The topological polar surface area (TPSA) is 73.9 Å². The van der Waals surface area contributed by atoms with Crippen molar-refractivity contribution in [2.45, 2.75) is 25.7 Å². The molecular weight excluding hydrogens is 485 g/mol. The Morgan fingerprint density at radius 3 is 1.89 bits per heavy atom. The molecule has 4 aromatic carbocycles. The largest absolute Gasteiger partial charge is 0.485 e. The Bertz CT molecular complexity index is 1340. The Kier molecular flexibility index (Phi) is 9.07. The molecule has 1 N–H and O–H groups in total. The van der Waals surface area contributed by atoms with Crippen LogP contribution < -0.4 is 14.8 Å². The maximum Gasteiger partial charge on any atom is 0.328 e. The fourth-order valence-corrected chi connectivity index (χ4v) is 3.80. The van der Waals surface area contributed by atoms with Crippen LogP contribution in [0.4, 0.5) is 4.39 Å². The van der Waals surface area contributed by atoms with Crippen molar-refractivity contribution in [1.82, 2.24) is 5.32 Å². The summed E-state index contributed by atoms with van der Waals surface area (Å²) in [5, 5.41) is 2.68. The highest BCUT2D eigenvalue weighted by Crippen LogP contribution is 2.31. The number of ether oxygens (including phenoxy) is 3. The number of methoxy groups -OCH3 is 1. The molecule has 4 rings (SSSR count). The van der Waals surface area contributed by atoms with Crippen molar-refractivity contribution in [3.05, 3.63) is 131 Å². The van der Waals surface area contributed by atoms with Crippen LogP contribution in [0.25, 0.3) is 0 Å². The third-order valence-electron chi connectivity index (χ3n) is 5.82. The number of hydrogen-bond acceptors (Lipinski definition) is 5. The Morgan fingerprint density at radius 2 is 1.32 bits per heavy atom. The van der Waals surface area contributed by atoms with Crippen LogP contribution in [0.2, 0.25) is 0 Å². The van der Waals surface area contributed by atoms with Gasteiger partial charge in [0.1, 0.15) is 25.1 Å². The SMILES string of the molecule is COC(=O)[C@H](Cc1ccc(OCc2ccccc2)c(OCc2ccccc2)c1)NC(=O)c1ccc(F)cc1. The average Bonchev–Trinajstić information content (AvgIpc) is 2.96. The summed E-state index contributed by atoms with van der Waals surface area (Å²) < 4.78 is 30.3. The van der Waals surface area contributed by atoms with Gasteiger partial charge in [0.05, 0.1) is 7.11 Å². The first-order valence-corrected chi connectivity index (χ1v) is 12.1. The van der Waals surface area contributed by atoms with E-state index in [0.29, 0.717) is 24.7 Å². The third-order valence-corrected chi connectivity index (χ3v) is 5.82. The molecule has 0 heterocycles. The fourth-order valence-electron chi connectivity index (χ4n) is 3.80. The van der Waals surface area contributed by atoms with E-state index in [2.05, 4.69) is 5.32 Å². The minimum atomic E-state index is -0.962. The van der Waals surface area contributed by atoms with Gasteiger partial charge in [-0.3, -0.25) is 4.79 Å². The molecule has 0 bridgehead atoms. The van der Waals surface area contributed by atoms with Gasteiger partial charge in [-0.2, -0.15) is 0 Å². The predicted octanol–water partition coefficient (Wildman–Crippen LogP) is 5.50. The number of esters is 1. The number of carbonyl (C=O) groups is 2. The maximum absolute atomic E-state index is 13.2. The lowest BCUT2D eigenvalue weighted by atomic mass is 10.0. The zero-order valence-electron chi connectivity index (χ0n) is 20.9. The molecule has 0 unspecified atom stereocenters. The molecule has 0 aliphatic rings. The van der Waals surface area contributed by atoms with Crippen molar-refractivity contribution in [1.29, 1.82) is 0 Å². The van der Waals surface area contributed by atoms with Crippen molar-refractivity contribution >= 4 is 11.9 Å². The van der Waals surface area contributed by atoms with Crippen LogP contribution in [0, 0.1) is 5.82 Å². The second-order valence-corrected chi connectivity index (χ2v) is 8.59. The molecule has 0 saturated heterocycles. The summed E-state index contributed by atoms with van der Waals surface area (Å²) in [6.45, 7) is 0.689. The molecule has 38 heavy (non-hydrogen) atoms. The second-order valence-electron chi connectivity index (χ2n) is 8.59. The van der Waals surface area contributed by atoms with Gasteiger partial charge in [-0.05, 0) is 53.1 Å². The number of benzene rings is 4. The summed E-state index contributed by atoms with van der Waals surface area (Å²) in [7, 11) is 1.26. The van der Waals surface area contributed by atoms with E-state index in [4.69, 9.17) is 14.2 Å². The van der Waals surface area contributed by atoms with Gasteiger partial charge in [0, 0.05) is 12.0 Å². The highest BCUT2D eigenvalue weighted by atomic mass is 19.1. The Hall–Kier alpha value is -4.65. The predicted molar refractivity (Wildman–Crippen MR) is 141 cm³/mol. The highest BCUT2D eigenvalue weighted by Gasteiger charge is 2.23. The smallest absolute Gasteiger partial charge is 0.328 e. The van der Waals surface area contributed by atoms with Gasteiger partial charge in [-0.25, -0.2) is 9.18 Å². The number of amides is 1. The van der Waals surface area contributed by atoms with Crippen LogP contribution in [0.3, 0.4) is 0 Å². The summed E-state index contributed by atoms with van der Waals surface area (Å²) in [5.74, 6) is -0.502. The summed E-state index contributed by atoms with van der Waals surface area (Å²) in [4.78, 5) is 25.2. The number of hydrogen-bond donors (Lipinski definition) is 1. The molecule has 0 aliphatic carbocycles. The molecule has 0 aromatic heterocycles. The quantitative estimate of drug-likeness (QED) is 0.268. The summed E-state index contributed by atoms with van der Waals surface area (Å²) in [6.07, 6.45) is 0.153. The van der Waals surface area contributed by atoms with E-state index in [0.717, 1.165) is 16.7 Å². The Balaban J connectivity index is 1.53. The van der Waals surface area contributed by atoms with Gasteiger partial charge in [0.15, 0.2) is 11.5 Å². The highest BCUT2D eigenvalue weighted by molar-refractivity contribution is 5.96. The molecule has 0 saturated carbocycles. The molecular formula is C31H28FNO5. The van der Waals surface area contributed by atoms with Gasteiger partial charge in [-0.15, -0.1) is 0 Å². The minimum absolute atomic E-state index is 0.153. The monoisotopic (exact) mass is 513 g/mol. The second kappa shape index (κ2) is 13.1. The Labute approximate surface area is 221 Å². The molecule has 194 valence electrons. The van der Waals surface area contributed by atoms with E-state index >= 15 is 0 Å². The van der Waals surface area contributed by atoms with Crippen molar-refractivity contribution < 1.29 is 28.2 Å². The summed E-state index contributed by atoms with van der Waals surface area (Å²) in [5.41, 5.74) is 2.97. The van der Waals surface area contributed by atoms with Crippen LogP contribution in [0.1, 0.15) is 27.0 Å². The molecule has 0 radical (unpaired) electrons. The fraction of sp³-hybridized carbons (Fsp3) is 0.161. The third kappa shape index (κ3) is 7.43. The van der Waals surface area contributed by atoms with Crippen LogP contribution in [-0.2, 0) is 29.2 Å². The molecule has 6 nitrogen and oxygen atoms in total. The maximum atomic E-state index is 13.2. The molecule has 0 fully saturated rings. The van der Waals surface area contributed by atoms with Crippen molar-refractivity contribution in [2.24, 2.45) is 0 Å². The van der Waals surface area contributed by atoms with Crippen LogP contribution in [0.5, 0.6) is 11.5 Å². The van der Waals surface area contributed by atoms with Crippen LogP contribution in [0.15, 0.2) is 103 Å². The van der Waals surface area contributed by atoms with Gasteiger partial charge >= 0.3 is 5.97 Å². The van der Waals surface area contributed by atoms with E-state index in [9.17, 15) is 14.0 Å². The van der Waals surface area contributed by atoms with Crippen LogP contribution >= 0.6 is 0 Å². The van der Waals surface area contributed by atoms with E-state index < -0.39 is 23.7 Å². The van der Waals surface area contributed by atoms with Crippen molar-refractivity contribution in [2.75, 3.05) is 7.11 Å². The van der Waals surface area contributed by atoms with Crippen molar-refractivity contribution in [3.8, 4) is 11.5 Å². The zero-order chi connectivity index (χ0) is 26.7. The van der Waals surface area contributed by atoms with E-state index in [1.165, 1.54) is 31.4 Å². The van der Waals surface area contributed by atoms with E-state index in [-0.39, 0.29) is 12.0 Å². The molecule has 1 atom stereocenters. The number of halogens is 1. The molecule has 0 spiro atoms. The first-order valence-electron chi connectivity index (χ1n) is 12.1. The van der Waals surface area contributed by atoms with Gasteiger partial charge in [-0.1, -0.05) is 66.7 Å². The number of rotatable bonds is 11. The average molecular weight is 514 g/mol. The van der Waals surface area contributed by atoms with E-state index in [1.54, 1.807) is 12.1 Å². The molecule has 0 aliphatic heterocycles. The van der Waals surface area contributed by atoms with E-state index in [1.807, 2.05) is 66.7 Å². The lowest BCUT2D eigenvalue weighted by molar-refractivity contribution is -0.142. The molecule has 1 amide bonds. The molecule has 7 heteroatoms. The van der Waals surface area contributed by atoms with Crippen molar-refractivity contribution in [3.63, 3.8) is 0 Å². The van der Waals surface area contributed by atoms with Gasteiger partial charge in [0.2, 0.25) is 0 Å². The standard InChI is InChI=1S/C31H28FNO5/c1-36-31(35)27(33-30(34)25-13-15-26(32)16-14-25)18-24-12-17-28(37-20-22-8-4-2-5-9-22)29(19-24)38-21-23-10-6-3-7-11-23/h2-17,19,27H,18,20-21H2,1H3,(H,33,34)/t27-/m0/s1. The normalized spacial score (nSPS) is 11.3. The number of carbonyl (C=O) groups excluding carboxylic acids is 2. The van der Waals surface area contributed by atoms with Crippen LogP contribution in [-0.4, -0.2) is 25.0 Å². The number of nitrogens with one attached hydrogen (secondary N) is 1. The molecule has 4 aromatic rings. The lowest BCUT2D eigenvalue weighted by Gasteiger charge is -2.19. The Morgan fingerprint density at radius 1 is 0.737 bits per heavy atom. The minimum Gasteiger partial charge on any atom is -0.485 e. The summed E-state index contributed by atoms with van der Waals surface area (Å²) in [6, 6.07) is 29.0. The van der Waals surface area contributed by atoms with Gasteiger partial charge < -0.3 is 19.5 Å². The summed E-state index contributed by atoms with van der Waals surface area (Å²) >= 11 is 0. The van der Waals surface area contributed by atoms with Gasteiger partial charge in [0.25, 0.3) is 5.91 Å². The zero-order valence-corrected chi connectivity index (χ0v) is 20.9.